The molecule has 166 valence electrons. The summed E-state index contributed by atoms with van der Waals surface area (Å²) < 4.78 is 1.52. The van der Waals surface area contributed by atoms with Crippen LogP contribution in [0.1, 0.15) is 28.7 Å². The Kier molecular flexibility index (Phi) is 6.31. The van der Waals surface area contributed by atoms with Crippen LogP contribution in [-0.2, 0) is 11.2 Å². The summed E-state index contributed by atoms with van der Waals surface area (Å²) in [6.45, 7) is 3.63. The van der Waals surface area contributed by atoms with Gasteiger partial charge in [-0.1, -0.05) is 37.3 Å². The van der Waals surface area contributed by atoms with Crippen LogP contribution in [0.4, 0.5) is 5.69 Å². The number of anilines is 1. The summed E-state index contributed by atoms with van der Waals surface area (Å²) in [4.78, 5) is 42.2. The van der Waals surface area contributed by atoms with Gasteiger partial charge in [0, 0.05) is 11.3 Å². The van der Waals surface area contributed by atoms with Crippen LogP contribution in [0.25, 0.3) is 16.6 Å². The molecule has 0 saturated carbocycles. The number of hydrogen-bond acceptors (Lipinski definition) is 4. The largest absolute Gasteiger partial charge is 0.343 e. The van der Waals surface area contributed by atoms with Gasteiger partial charge >= 0.3 is 0 Å². The van der Waals surface area contributed by atoms with E-state index in [1.807, 2.05) is 37.3 Å². The number of rotatable bonds is 6. The molecule has 0 aliphatic carbocycles. The first kappa shape index (κ1) is 22.0. The summed E-state index contributed by atoms with van der Waals surface area (Å²) in [6.07, 6.45) is 0.796. The van der Waals surface area contributed by atoms with Gasteiger partial charge in [-0.25, -0.2) is 4.98 Å². The fourth-order valence-electron chi connectivity index (χ4n) is 3.72. The van der Waals surface area contributed by atoms with Crippen molar-refractivity contribution in [3.63, 3.8) is 0 Å². The van der Waals surface area contributed by atoms with Gasteiger partial charge in [0.2, 0.25) is 5.91 Å². The Morgan fingerprint density at radius 3 is 2.39 bits per heavy atom. The van der Waals surface area contributed by atoms with E-state index in [0.717, 1.165) is 17.7 Å². The Morgan fingerprint density at radius 1 is 0.939 bits per heavy atom. The number of para-hydroxylation sites is 2. The van der Waals surface area contributed by atoms with Crippen LogP contribution in [-0.4, -0.2) is 27.9 Å². The van der Waals surface area contributed by atoms with E-state index in [1.54, 1.807) is 49.4 Å². The first-order valence-corrected chi connectivity index (χ1v) is 10.7. The van der Waals surface area contributed by atoms with Gasteiger partial charge in [-0.3, -0.25) is 19.0 Å². The minimum absolute atomic E-state index is 0.147. The molecule has 0 fully saturated rings. The van der Waals surface area contributed by atoms with Gasteiger partial charge in [0.15, 0.2) is 0 Å². The number of fused-ring (bicyclic) bond motifs is 1. The van der Waals surface area contributed by atoms with Gasteiger partial charge < -0.3 is 10.6 Å². The number of carbonyl (C=O) groups is 2. The maximum atomic E-state index is 12.9. The summed E-state index contributed by atoms with van der Waals surface area (Å²) >= 11 is 0. The van der Waals surface area contributed by atoms with Gasteiger partial charge in [-0.05, 0) is 61.4 Å². The van der Waals surface area contributed by atoms with Crippen molar-refractivity contribution in [2.45, 2.75) is 20.3 Å². The molecule has 0 aliphatic heterocycles. The molecule has 33 heavy (non-hydrogen) atoms. The predicted molar refractivity (Wildman–Crippen MR) is 129 cm³/mol. The maximum absolute atomic E-state index is 12.9. The van der Waals surface area contributed by atoms with Crippen LogP contribution in [0, 0.1) is 6.92 Å². The first-order chi connectivity index (χ1) is 16.0. The third-order valence-electron chi connectivity index (χ3n) is 5.41. The number of aromatic nitrogens is 2. The van der Waals surface area contributed by atoms with Gasteiger partial charge in [-0.15, -0.1) is 0 Å². The zero-order valence-electron chi connectivity index (χ0n) is 18.5. The van der Waals surface area contributed by atoms with E-state index in [-0.39, 0.29) is 23.9 Å². The molecule has 0 aliphatic rings. The number of aryl methyl sites for hydroxylation is 2. The fourth-order valence-corrected chi connectivity index (χ4v) is 3.72. The van der Waals surface area contributed by atoms with Crippen LogP contribution < -0.4 is 16.2 Å². The van der Waals surface area contributed by atoms with E-state index < -0.39 is 0 Å². The number of hydrogen-bond donors (Lipinski definition) is 2. The molecule has 7 heteroatoms. The molecule has 1 aromatic heterocycles. The minimum atomic E-state index is -0.374. The van der Waals surface area contributed by atoms with E-state index in [1.165, 1.54) is 4.57 Å². The maximum Gasteiger partial charge on any atom is 0.265 e. The second-order valence-electron chi connectivity index (χ2n) is 7.61. The predicted octanol–water partition coefficient (Wildman–Crippen LogP) is 3.63. The molecule has 3 aromatic carbocycles. The molecule has 4 aromatic rings. The molecule has 2 N–H and O–H groups in total. The number of carbonyl (C=O) groups excluding carboxylic acids is 2. The monoisotopic (exact) mass is 440 g/mol. The third-order valence-corrected chi connectivity index (χ3v) is 5.41. The highest BCUT2D eigenvalue weighted by Crippen LogP contribution is 2.15. The lowest BCUT2D eigenvalue weighted by atomic mass is 10.1. The van der Waals surface area contributed by atoms with Gasteiger partial charge in [0.1, 0.15) is 5.82 Å². The standard InChI is InChI=1S/C26H24N4O3/c1-3-18-8-4-6-10-22(18)29-24(31)16-27-25(32)19-12-14-20(15-13-19)30-17(2)28-23-11-7-5-9-21(23)26(30)33/h4-15H,3,16H2,1-2H3,(H,27,32)(H,29,31). The van der Waals surface area contributed by atoms with Crippen molar-refractivity contribution in [3.05, 3.63) is 100 Å². The van der Waals surface area contributed by atoms with E-state index in [2.05, 4.69) is 15.6 Å². The summed E-state index contributed by atoms with van der Waals surface area (Å²) in [5, 5.41) is 5.99. The molecule has 1 heterocycles. The molecule has 0 atom stereocenters. The van der Waals surface area contributed by atoms with Crippen LogP contribution in [0.5, 0.6) is 0 Å². The van der Waals surface area contributed by atoms with Crippen LogP contribution in [0.3, 0.4) is 0 Å². The van der Waals surface area contributed by atoms with Crippen molar-refractivity contribution < 1.29 is 9.59 Å². The highest BCUT2D eigenvalue weighted by atomic mass is 16.2. The van der Waals surface area contributed by atoms with Crippen LogP contribution in [0.15, 0.2) is 77.6 Å². The molecule has 0 radical (unpaired) electrons. The van der Waals surface area contributed by atoms with E-state index in [4.69, 9.17) is 0 Å². The number of benzene rings is 3. The SMILES string of the molecule is CCc1ccccc1NC(=O)CNC(=O)c1ccc(-n2c(C)nc3ccccc3c2=O)cc1. The number of nitrogens with one attached hydrogen (secondary N) is 2. The highest BCUT2D eigenvalue weighted by molar-refractivity contribution is 5.99. The quantitative estimate of drug-likeness (QED) is 0.479. The molecule has 2 amide bonds. The first-order valence-electron chi connectivity index (χ1n) is 10.7. The zero-order valence-corrected chi connectivity index (χ0v) is 18.5. The van der Waals surface area contributed by atoms with Crippen molar-refractivity contribution in [2.75, 3.05) is 11.9 Å². The second-order valence-corrected chi connectivity index (χ2v) is 7.61. The molecule has 4 rings (SSSR count). The average molecular weight is 441 g/mol. The Balaban J connectivity index is 1.45. The Labute approximate surface area is 191 Å². The molecular formula is C26H24N4O3. The van der Waals surface area contributed by atoms with E-state index in [0.29, 0.717) is 28.0 Å². The minimum Gasteiger partial charge on any atom is -0.343 e. The second kappa shape index (κ2) is 9.48. The Bertz CT molecular complexity index is 1390. The van der Waals surface area contributed by atoms with E-state index >= 15 is 0 Å². The topological polar surface area (TPSA) is 93.1 Å². The van der Waals surface area contributed by atoms with Gasteiger partial charge in [0.25, 0.3) is 11.5 Å². The lowest BCUT2D eigenvalue weighted by Gasteiger charge is -2.12. The molecule has 7 nitrogen and oxygen atoms in total. The van der Waals surface area contributed by atoms with Gasteiger partial charge in [-0.2, -0.15) is 0 Å². The molecule has 0 bridgehead atoms. The van der Waals surface area contributed by atoms with E-state index in [9.17, 15) is 14.4 Å². The summed E-state index contributed by atoms with van der Waals surface area (Å²) in [6, 6.07) is 21.4. The number of nitrogens with zero attached hydrogens (tertiary/aromatic N) is 2. The lowest BCUT2D eigenvalue weighted by Crippen LogP contribution is -2.33. The van der Waals surface area contributed by atoms with Crippen LogP contribution >= 0.6 is 0 Å². The van der Waals surface area contributed by atoms with Crippen molar-refractivity contribution in [1.29, 1.82) is 0 Å². The zero-order chi connectivity index (χ0) is 23.4. The summed E-state index contributed by atoms with van der Waals surface area (Å²) in [5.74, 6) is -0.119. The lowest BCUT2D eigenvalue weighted by molar-refractivity contribution is -0.115. The van der Waals surface area contributed by atoms with Crippen molar-refractivity contribution in [1.82, 2.24) is 14.9 Å². The summed E-state index contributed by atoms with van der Waals surface area (Å²) in [7, 11) is 0. The Morgan fingerprint density at radius 2 is 1.64 bits per heavy atom. The number of amides is 2. The van der Waals surface area contributed by atoms with Gasteiger partial charge in [0.05, 0.1) is 23.1 Å². The van der Waals surface area contributed by atoms with Crippen LogP contribution in [0.2, 0.25) is 0 Å². The Hall–Kier alpha value is -4.26. The molecule has 0 spiro atoms. The van der Waals surface area contributed by atoms with Crippen molar-refractivity contribution in [2.24, 2.45) is 0 Å². The molecule has 0 unspecified atom stereocenters. The fraction of sp³-hybridized carbons (Fsp3) is 0.154. The normalized spacial score (nSPS) is 10.7. The third kappa shape index (κ3) is 4.67. The summed E-state index contributed by atoms with van der Waals surface area (Å²) in [5.41, 5.74) is 3.25. The molecular weight excluding hydrogens is 416 g/mol. The van der Waals surface area contributed by atoms with Crippen molar-refractivity contribution >= 4 is 28.4 Å². The average Bonchev–Trinajstić information content (AvgIpc) is 2.83. The van der Waals surface area contributed by atoms with Crippen molar-refractivity contribution in [3.8, 4) is 5.69 Å². The molecule has 0 saturated heterocycles. The highest BCUT2D eigenvalue weighted by Gasteiger charge is 2.12. The smallest absolute Gasteiger partial charge is 0.265 e.